The molecule has 2 aromatic carbocycles. The molecule has 0 fully saturated rings. The van der Waals surface area contributed by atoms with Crippen molar-refractivity contribution in [3.63, 3.8) is 0 Å². The number of carbonyl (C=O) groups is 1. The van der Waals surface area contributed by atoms with Crippen LogP contribution in [0.4, 0.5) is 10.1 Å². The van der Waals surface area contributed by atoms with E-state index >= 15 is 0 Å². The zero-order valence-electron chi connectivity index (χ0n) is 12.3. The van der Waals surface area contributed by atoms with Gasteiger partial charge in [0.1, 0.15) is 11.6 Å². The molecule has 0 atom stereocenters. The zero-order valence-corrected chi connectivity index (χ0v) is 12.3. The molecule has 0 spiro atoms. The van der Waals surface area contributed by atoms with E-state index in [1.807, 2.05) is 18.2 Å². The third-order valence-electron chi connectivity index (χ3n) is 3.27. The Morgan fingerprint density at radius 3 is 2.61 bits per heavy atom. The number of hydrogen-bond donors (Lipinski definition) is 2. The molecule has 23 heavy (non-hydrogen) atoms. The van der Waals surface area contributed by atoms with Crippen LogP contribution in [-0.2, 0) is 17.6 Å². The van der Waals surface area contributed by atoms with E-state index in [0.29, 0.717) is 23.6 Å². The molecule has 5 nitrogen and oxygen atoms in total. The summed E-state index contributed by atoms with van der Waals surface area (Å²) in [5, 5.41) is 9.51. The highest BCUT2D eigenvalue weighted by molar-refractivity contribution is 5.91. The standard InChI is InChI=1S/C17H15FN4O/c18-14-9-5-4-6-12(14)10-15-20-16(22-21-15)11-17(23)19-13-7-2-1-3-8-13/h1-9H,10-11H2,(H,19,23)(H,20,21,22). The van der Waals surface area contributed by atoms with Gasteiger partial charge in [0, 0.05) is 12.1 Å². The van der Waals surface area contributed by atoms with Gasteiger partial charge in [-0.2, -0.15) is 5.10 Å². The maximum absolute atomic E-state index is 13.6. The second kappa shape index (κ2) is 6.83. The van der Waals surface area contributed by atoms with E-state index in [2.05, 4.69) is 20.5 Å². The SMILES string of the molecule is O=C(Cc1n[nH]c(Cc2ccccc2F)n1)Nc1ccccc1. The molecule has 1 aromatic heterocycles. The van der Waals surface area contributed by atoms with Crippen LogP contribution in [0.3, 0.4) is 0 Å². The number of carbonyl (C=O) groups excluding carboxylic acids is 1. The van der Waals surface area contributed by atoms with Gasteiger partial charge >= 0.3 is 0 Å². The second-order valence-corrected chi connectivity index (χ2v) is 5.06. The van der Waals surface area contributed by atoms with Gasteiger partial charge in [-0.05, 0) is 23.8 Å². The Labute approximate surface area is 132 Å². The lowest BCUT2D eigenvalue weighted by molar-refractivity contribution is -0.115. The Morgan fingerprint density at radius 1 is 1.09 bits per heavy atom. The minimum absolute atomic E-state index is 0.0582. The van der Waals surface area contributed by atoms with Crippen LogP contribution in [0.15, 0.2) is 54.6 Å². The van der Waals surface area contributed by atoms with Gasteiger partial charge in [0.05, 0.1) is 6.42 Å². The van der Waals surface area contributed by atoms with Crippen molar-refractivity contribution in [2.24, 2.45) is 0 Å². The number of anilines is 1. The van der Waals surface area contributed by atoms with Crippen molar-refractivity contribution >= 4 is 11.6 Å². The number of hydrogen-bond acceptors (Lipinski definition) is 3. The van der Waals surface area contributed by atoms with Gasteiger partial charge in [-0.3, -0.25) is 9.89 Å². The average molecular weight is 310 g/mol. The Morgan fingerprint density at radius 2 is 1.83 bits per heavy atom. The van der Waals surface area contributed by atoms with Crippen LogP contribution in [0.2, 0.25) is 0 Å². The van der Waals surface area contributed by atoms with Gasteiger partial charge in [-0.25, -0.2) is 9.37 Å². The van der Waals surface area contributed by atoms with E-state index in [1.165, 1.54) is 6.07 Å². The smallest absolute Gasteiger partial charge is 0.232 e. The summed E-state index contributed by atoms with van der Waals surface area (Å²) in [6.45, 7) is 0. The molecular weight excluding hydrogens is 295 g/mol. The number of para-hydroxylation sites is 1. The van der Waals surface area contributed by atoms with Crippen LogP contribution >= 0.6 is 0 Å². The predicted molar refractivity (Wildman–Crippen MR) is 84.4 cm³/mol. The predicted octanol–water partition coefficient (Wildman–Crippen LogP) is 2.72. The lowest BCUT2D eigenvalue weighted by atomic mass is 10.1. The molecule has 0 aliphatic rings. The first-order valence-electron chi connectivity index (χ1n) is 7.19. The highest BCUT2D eigenvalue weighted by atomic mass is 19.1. The van der Waals surface area contributed by atoms with E-state index < -0.39 is 0 Å². The maximum Gasteiger partial charge on any atom is 0.232 e. The number of halogens is 1. The van der Waals surface area contributed by atoms with Crippen LogP contribution in [0.1, 0.15) is 17.2 Å². The fourth-order valence-electron chi connectivity index (χ4n) is 2.19. The molecule has 6 heteroatoms. The van der Waals surface area contributed by atoms with Gasteiger partial charge in [-0.15, -0.1) is 0 Å². The van der Waals surface area contributed by atoms with Crippen LogP contribution in [0, 0.1) is 5.82 Å². The van der Waals surface area contributed by atoms with Gasteiger partial charge < -0.3 is 5.32 Å². The molecule has 116 valence electrons. The molecule has 1 amide bonds. The van der Waals surface area contributed by atoms with Crippen molar-refractivity contribution in [1.82, 2.24) is 15.2 Å². The third-order valence-corrected chi connectivity index (χ3v) is 3.27. The lowest BCUT2D eigenvalue weighted by Crippen LogP contribution is -2.15. The molecule has 0 radical (unpaired) electrons. The molecule has 3 rings (SSSR count). The minimum atomic E-state index is -0.285. The Bertz CT molecular complexity index is 801. The minimum Gasteiger partial charge on any atom is -0.326 e. The monoisotopic (exact) mass is 310 g/mol. The van der Waals surface area contributed by atoms with Crippen LogP contribution in [-0.4, -0.2) is 21.1 Å². The molecule has 0 bridgehead atoms. The van der Waals surface area contributed by atoms with Crippen LogP contribution < -0.4 is 5.32 Å². The molecule has 0 aliphatic heterocycles. The molecule has 3 aromatic rings. The summed E-state index contributed by atoms with van der Waals surface area (Å²) in [7, 11) is 0. The van der Waals surface area contributed by atoms with Crippen molar-refractivity contribution < 1.29 is 9.18 Å². The first kappa shape index (κ1) is 14.9. The van der Waals surface area contributed by atoms with Crippen molar-refractivity contribution in [3.8, 4) is 0 Å². The summed E-state index contributed by atoms with van der Waals surface area (Å²) in [6.07, 6.45) is 0.364. The zero-order chi connectivity index (χ0) is 16.1. The number of aromatic nitrogens is 3. The summed E-state index contributed by atoms with van der Waals surface area (Å²) >= 11 is 0. The van der Waals surface area contributed by atoms with Crippen molar-refractivity contribution in [1.29, 1.82) is 0 Å². The maximum atomic E-state index is 13.6. The lowest BCUT2D eigenvalue weighted by Gasteiger charge is -2.02. The number of amides is 1. The molecule has 0 aliphatic carbocycles. The topological polar surface area (TPSA) is 70.7 Å². The van der Waals surface area contributed by atoms with Gasteiger partial charge in [0.15, 0.2) is 5.82 Å². The van der Waals surface area contributed by atoms with Crippen molar-refractivity contribution in [3.05, 3.63) is 77.6 Å². The summed E-state index contributed by atoms with van der Waals surface area (Å²) in [6, 6.07) is 15.7. The van der Waals surface area contributed by atoms with E-state index in [0.717, 1.165) is 5.69 Å². The van der Waals surface area contributed by atoms with Gasteiger partial charge in [0.25, 0.3) is 0 Å². The number of nitrogens with one attached hydrogen (secondary N) is 2. The van der Waals surface area contributed by atoms with Crippen LogP contribution in [0.25, 0.3) is 0 Å². The first-order chi connectivity index (χ1) is 11.2. The Kier molecular flexibility index (Phi) is 4.42. The third kappa shape index (κ3) is 4.00. The van der Waals surface area contributed by atoms with Crippen molar-refractivity contribution in [2.75, 3.05) is 5.32 Å². The first-order valence-corrected chi connectivity index (χ1v) is 7.19. The van der Waals surface area contributed by atoms with E-state index in [-0.39, 0.29) is 18.1 Å². The normalized spacial score (nSPS) is 10.5. The molecule has 1 heterocycles. The fraction of sp³-hybridized carbons (Fsp3) is 0.118. The summed E-state index contributed by atoms with van der Waals surface area (Å²) in [4.78, 5) is 16.2. The number of rotatable bonds is 5. The highest BCUT2D eigenvalue weighted by Gasteiger charge is 2.11. The van der Waals surface area contributed by atoms with Crippen molar-refractivity contribution in [2.45, 2.75) is 12.8 Å². The van der Waals surface area contributed by atoms with Gasteiger partial charge in [-0.1, -0.05) is 36.4 Å². The molecule has 0 saturated heterocycles. The quantitative estimate of drug-likeness (QED) is 0.761. The number of benzene rings is 2. The molecule has 2 N–H and O–H groups in total. The average Bonchev–Trinajstić information content (AvgIpc) is 2.97. The summed E-state index contributed by atoms with van der Waals surface area (Å²) in [5.74, 6) is 0.419. The summed E-state index contributed by atoms with van der Waals surface area (Å²) < 4.78 is 13.6. The second-order valence-electron chi connectivity index (χ2n) is 5.06. The highest BCUT2D eigenvalue weighted by Crippen LogP contribution is 2.11. The molecule has 0 unspecified atom stereocenters. The van der Waals surface area contributed by atoms with E-state index in [4.69, 9.17) is 0 Å². The largest absolute Gasteiger partial charge is 0.326 e. The number of aromatic amines is 1. The van der Waals surface area contributed by atoms with Crippen LogP contribution in [0.5, 0.6) is 0 Å². The fourth-order valence-corrected chi connectivity index (χ4v) is 2.19. The molecular formula is C17H15FN4O. The molecule has 0 saturated carbocycles. The summed E-state index contributed by atoms with van der Waals surface area (Å²) in [5.41, 5.74) is 1.25. The van der Waals surface area contributed by atoms with E-state index in [1.54, 1.807) is 30.3 Å². The van der Waals surface area contributed by atoms with E-state index in [9.17, 15) is 9.18 Å². The Hall–Kier alpha value is -3.02. The number of nitrogens with zero attached hydrogens (tertiary/aromatic N) is 2. The van der Waals surface area contributed by atoms with Gasteiger partial charge in [0.2, 0.25) is 5.91 Å². The number of H-pyrrole nitrogens is 1. The Balaban J connectivity index is 1.61.